The zero-order valence-electron chi connectivity index (χ0n) is 10.7. The lowest BCUT2D eigenvalue weighted by Gasteiger charge is -2.01. The molecule has 21 heavy (non-hydrogen) atoms. The van der Waals surface area contributed by atoms with Gasteiger partial charge in [0, 0.05) is 12.3 Å². The number of carbonyl (C=O) groups excluding carboxylic acids is 1. The number of benzene rings is 1. The maximum atomic E-state index is 13.0. The molecule has 0 aliphatic heterocycles. The van der Waals surface area contributed by atoms with Crippen molar-refractivity contribution in [3.05, 3.63) is 65.4 Å². The Morgan fingerprint density at radius 3 is 2.71 bits per heavy atom. The monoisotopic (exact) mass is 290 g/mol. The van der Waals surface area contributed by atoms with Gasteiger partial charge in [0.1, 0.15) is 11.5 Å². The van der Waals surface area contributed by atoms with Gasteiger partial charge in [0.2, 0.25) is 11.5 Å². The number of allylic oxidation sites excluding steroid dienone is 1. The Hall–Kier alpha value is -2.96. The minimum Gasteiger partial charge on any atom is -0.502 e. The van der Waals surface area contributed by atoms with Crippen LogP contribution in [0.15, 0.2) is 48.4 Å². The molecule has 1 aromatic heterocycles. The van der Waals surface area contributed by atoms with Crippen molar-refractivity contribution in [1.29, 1.82) is 0 Å². The van der Waals surface area contributed by atoms with E-state index in [1.165, 1.54) is 29.1 Å². The van der Waals surface area contributed by atoms with Gasteiger partial charge in [0.25, 0.3) is 0 Å². The van der Waals surface area contributed by atoms with Crippen molar-refractivity contribution in [1.82, 2.24) is 9.78 Å². The Bertz CT molecular complexity index is 721. The van der Waals surface area contributed by atoms with E-state index in [0.29, 0.717) is 11.6 Å². The lowest BCUT2D eigenvalue weighted by Crippen LogP contribution is -2.06. The van der Waals surface area contributed by atoms with Crippen molar-refractivity contribution in [2.24, 2.45) is 0 Å². The summed E-state index contributed by atoms with van der Waals surface area (Å²) in [6.07, 6.45) is 2.08. The topological polar surface area (TPSA) is 92.4 Å². The largest absolute Gasteiger partial charge is 0.502 e. The summed E-state index contributed by atoms with van der Waals surface area (Å²) in [7, 11) is 0. The summed E-state index contributed by atoms with van der Waals surface area (Å²) in [5.74, 6) is -3.75. The van der Waals surface area contributed by atoms with E-state index >= 15 is 0 Å². The number of nitrogens with zero attached hydrogens (tertiary/aromatic N) is 2. The number of aromatic nitrogens is 2. The molecule has 0 bridgehead atoms. The van der Waals surface area contributed by atoms with Crippen LogP contribution in [0.5, 0.6) is 0 Å². The fraction of sp³-hybridized carbons (Fsp3) is 0.0714. The Morgan fingerprint density at radius 1 is 1.29 bits per heavy atom. The molecule has 2 N–H and O–H groups in total. The van der Waals surface area contributed by atoms with E-state index in [4.69, 9.17) is 10.2 Å². The SMILES string of the molecule is O=C(O)C(O)=CC(=O)c1ccn(Cc2cccc(F)c2)n1. The van der Waals surface area contributed by atoms with E-state index in [1.807, 2.05) is 0 Å². The Labute approximate surface area is 118 Å². The molecule has 108 valence electrons. The number of hydrogen-bond donors (Lipinski definition) is 2. The van der Waals surface area contributed by atoms with Gasteiger partial charge in [0.05, 0.1) is 6.54 Å². The molecule has 6 nitrogen and oxygen atoms in total. The molecule has 0 spiro atoms. The van der Waals surface area contributed by atoms with Crippen LogP contribution in [0.2, 0.25) is 0 Å². The number of halogens is 1. The van der Waals surface area contributed by atoms with Gasteiger partial charge in [-0.05, 0) is 23.8 Å². The van der Waals surface area contributed by atoms with Crippen LogP contribution in [-0.4, -0.2) is 31.7 Å². The third kappa shape index (κ3) is 3.75. The van der Waals surface area contributed by atoms with E-state index < -0.39 is 17.5 Å². The van der Waals surface area contributed by atoms with Crippen molar-refractivity contribution in [2.45, 2.75) is 6.54 Å². The van der Waals surface area contributed by atoms with Crippen LogP contribution in [0.25, 0.3) is 0 Å². The van der Waals surface area contributed by atoms with Crippen LogP contribution >= 0.6 is 0 Å². The van der Waals surface area contributed by atoms with Crippen molar-refractivity contribution in [3.8, 4) is 0 Å². The minimum atomic E-state index is -1.59. The first-order chi connectivity index (χ1) is 9.95. The predicted octanol–water partition coefficient (Wildman–Crippen LogP) is 1.78. The van der Waals surface area contributed by atoms with Gasteiger partial charge in [-0.1, -0.05) is 12.1 Å². The van der Waals surface area contributed by atoms with Gasteiger partial charge >= 0.3 is 5.97 Å². The van der Waals surface area contributed by atoms with Gasteiger partial charge in [-0.25, -0.2) is 9.18 Å². The maximum Gasteiger partial charge on any atom is 0.371 e. The maximum absolute atomic E-state index is 13.0. The Kier molecular flexibility index (Phi) is 4.13. The highest BCUT2D eigenvalue weighted by molar-refractivity contribution is 6.06. The summed E-state index contributed by atoms with van der Waals surface area (Å²) < 4.78 is 14.5. The molecule has 0 radical (unpaired) electrons. The molecule has 0 atom stereocenters. The van der Waals surface area contributed by atoms with Gasteiger partial charge in [0.15, 0.2) is 0 Å². The Morgan fingerprint density at radius 2 is 2.05 bits per heavy atom. The molecule has 2 rings (SSSR count). The number of ketones is 1. The number of carbonyl (C=O) groups is 2. The summed E-state index contributed by atoms with van der Waals surface area (Å²) in [5, 5.41) is 21.4. The quantitative estimate of drug-likeness (QED) is 0.497. The van der Waals surface area contributed by atoms with E-state index in [1.54, 1.807) is 12.1 Å². The first-order valence-electron chi connectivity index (χ1n) is 5.92. The van der Waals surface area contributed by atoms with Crippen molar-refractivity contribution >= 4 is 11.8 Å². The highest BCUT2D eigenvalue weighted by atomic mass is 19.1. The lowest BCUT2D eigenvalue weighted by atomic mass is 10.2. The van der Waals surface area contributed by atoms with E-state index in [9.17, 15) is 14.0 Å². The average Bonchev–Trinajstić information content (AvgIpc) is 2.87. The van der Waals surface area contributed by atoms with Crippen LogP contribution in [0.3, 0.4) is 0 Å². The summed E-state index contributed by atoms with van der Waals surface area (Å²) in [6.45, 7) is 0.264. The third-order valence-electron chi connectivity index (χ3n) is 2.61. The number of carboxylic acid groups (broad SMARTS) is 1. The van der Waals surface area contributed by atoms with Crippen LogP contribution in [0, 0.1) is 5.82 Å². The zero-order chi connectivity index (χ0) is 15.4. The summed E-state index contributed by atoms with van der Waals surface area (Å²) in [6, 6.07) is 7.32. The number of aliphatic hydroxyl groups is 1. The lowest BCUT2D eigenvalue weighted by molar-refractivity contribution is -0.135. The normalized spacial score (nSPS) is 11.4. The smallest absolute Gasteiger partial charge is 0.371 e. The van der Waals surface area contributed by atoms with Gasteiger partial charge in [-0.15, -0.1) is 0 Å². The average molecular weight is 290 g/mol. The fourth-order valence-corrected chi connectivity index (χ4v) is 1.66. The second kappa shape index (κ2) is 6.00. The van der Waals surface area contributed by atoms with Crippen LogP contribution in [0.4, 0.5) is 4.39 Å². The van der Waals surface area contributed by atoms with E-state index in [-0.39, 0.29) is 18.1 Å². The van der Waals surface area contributed by atoms with Crippen molar-refractivity contribution in [2.75, 3.05) is 0 Å². The number of rotatable bonds is 5. The van der Waals surface area contributed by atoms with E-state index in [2.05, 4.69) is 5.10 Å². The molecule has 0 amide bonds. The van der Waals surface area contributed by atoms with Gasteiger partial charge < -0.3 is 10.2 Å². The molecule has 0 saturated carbocycles. The molecule has 0 fully saturated rings. The number of aliphatic carboxylic acids is 1. The van der Waals surface area contributed by atoms with Crippen LogP contribution in [-0.2, 0) is 11.3 Å². The molecule has 0 unspecified atom stereocenters. The molecule has 1 aromatic carbocycles. The van der Waals surface area contributed by atoms with Crippen LogP contribution in [0.1, 0.15) is 16.1 Å². The minimum absolute atomic E-state index is 0.0146. The highest BCUT2D eigenvalue weighted by Gasteiger charge is 2.12. The second-order valence-electron chi connectivity index (χ2n) is 4.23. The first-order valence-corrected chi connectivity index (χ1v) is 5.92. The summed E-state index contributed by atoms with van der Waals surface area (Å²) >= 11 is 0. The summed E-state index contributed by atoms with van der Waals surface area (Å²) in [4.78, 5) is 22.1. The molecule has 2 aromatic rings. The van der Waals surface area contributed by atoms with Crippen molar-refractivity contribution in [3.63, 3.8) is 0 Å². The molecular weight excluding hydrogens is 279 g/mol. The second-order valence-corrected chi connectivity index (χ2v) is 4.23. The predicted molar refractivity (Wildman–Crippen MR) is 70.4 cm³/mol. The first kappa shape index (κ1) is 14.4. The van der Waals surface area contributed by atoms with Gasteiger partial charge in [-0.3, -0.25) is 9.48 Å². The van der Waals surface area contributed by atoms with Crippen LogP contribution < -0.4 is 0 Å². The van der Waals surface area contributed by atoms with E-state index in [0.717, 1.165) is 0 Å². The standard InChI is InChI=1S/C14H11FN2O4/c15-10-3-1-2-9(6-10)8-17-5-4-11(16-17)12(18)7-13(19)14(20)21/h1-7,19H,8H2,(H,20,21). The molecule has 0 aliphatic carbocycles. The van der Waals surface area contributed by atoms with Gasteiger partial charge in [-0.2, -0.15) is 5.10 Å². The number of carboxylic acids is 1. The molecular formula is C14H11FN2O4. The molecule has 1 heterocycles. The highest BCUT2D eigenvalue weighted by Crippen LogP contribution is 2.07. The summed E-state index contributed by atoms with van der Waals surface area (Å²) in [5.41, 5.74) is 0.653. The third-order valence-corrected chi connectivity index (χ3v) is 2.61. The Balaban J connectivity index is 2.13. The zero-order valence-corrected chi connectivity index (χ0v) is 10.7. The van der Waals surface area contributed by atoms with Crippen molar-refractivity contribution < 1.29 is 24.2 Å². The molecule has 0 saturated heterocycles. The number of aliphatic hydroxyl groups excluding tert-OH is 1. The number of hydrogen-bond acceptors (Lipinski definition) is 4. The molecule has 7 heteroatoms. The fourth-order valence-electron chi connectivity index (χ4n) is 1.66. The molecule has 0 aliphatic rings.